The molecular formula is C39H43N3O4. The van der Waals surface area contributed by atoms with Crippen LogP contribution in [0.3, 0.4) is 0 Å². The summed E-state index contributed by atoms with van der Waals surface area (Å²) in [6.45, 7) is 6.42. The topological polar surface area (TPSA) is 80.2 Å². The quantitative estimate of drug-likeness (QED) is 0.120. The van der Waals surface area contributed by atoms with Crippen LogP contribution in [0.1, 0.15) is 59.8 Å². The molecule has 0 aliphatic carbocycles. The molecule has 3 heterocycles. The Morgan fingerprint density at radius 2 is 1.28 bits per heavy atom. The molecule has 1 saturated heterocycles. The molecule has 2 unspecified atom stereocenters. The number of pyridine rings is 2. The molecule has 0 amide bonds. The van der Waals surface area contributed by atoms with Gasteiger partial charge in [0.15, 0.2) is 0 Å². The molecule has 46 heavy (non-hydrogen) atoms. The highest BCUT2D eigenvalue weighted by molar-refractivity contribution is 5.23. The second-order valence-electron chi connectivity index (χ2n) is 11.3. The van der Waals surface area contributed by atoms with E-state index in [9.17, 15) is 5.11 Å². The van der Waals surface area contributed by atoms with Crippen molar-refractivity contribution >= 4 is 0 Å². The molecule has 238 valence electrons. The van der Waals surface area contributed by atoms with E-state index in [4.69, 9.17) is 14.2 Å². The largest absolute Gasteiger partial charge is 0.473 e. The number of unbranched alkanes of at least 4 members (excludes halogenated alkanes) is 1. The fourth-order valence-corrected chi connectivity index (χ4v) is 4.85. The summed E-state index contributed by atoms with van der Waals surface area (Å²) < 4.78 is 16.5. The Bertz CT molecular complexity index is 1530. The summed E-state index contributed by atoms with van der Waals surface area (Å²) >= 11 is 0. The SMILES string of the molecule is CCCCN(Cc1ccccc1)CC(O)c1ccc(OCc2ccccc2)nc1.c1ccc(COc2ccc(C3CO3)cn2)cc1. The van der Waals surface area contributed by atoms with Gasteiger partial charge in [0.25, 0.3) is 0 Å². The summed E-state index contributed by atoms with van der Waals surface area (Å²) in [5.74, 6) is 1.22. The van der Waals surface area contributed by atoms with Gasteiger partial charge in [-0.05, 0) is 41.8 Å². The lowest BCUT2D eigenvalue weighted by atomic mass is 10.1. The summed E-state index contributed by atoms with van der Waals surface area (Å²) in [5, 5.41) is 10.7. The number of ether oxygens (including phenoxy) is 3. The van der Waals surface area contributed by atoms with Gasteiger partial charge in [0, 0.05) is 48.7 Å². The van der Waals surface area contributed by atoms with Crippen molar-refractivity contribution in [3.8, 4) is 11.8 Å². The third kappa shape index (κ3) is 11.1. The van der Waals surface area contributed by atoms with Gasteiger partial charge in [-0.1, -0.05) is 104 Å². The number of nitrogens with zero attached hydrogens (tertiary/aromatic N) is 3. The highest BCUT2D eigenvalue weighted by Crippen LogP contribution is 2.29. The number of benzene rings is 3. The van der Waals surface area contributed by atoms with Gasteiger partial charge in [0.2, 0.25) is 11.8 Å². The molecular weight excluding hydrogens is 574 g/mol. The Morgan fingerprint density at radius 3 is 1.76 bits per heavy atom. The third-order valence-electron chi connectivity index (χ3n) is 7.58. The highest BCUT2D eigenvalue weighted by atomic mass is 16.6. The molecule has 1 aliphatic rings. The van der Waals surface area contributed by atoms with Crippen molar-refractivity contribution in [2.24, 2.45) is 0 Å². The van der Waals surface area contributed by atoms with Crippen LogP contribution in [0.25, 0.3) is 0 Å². The van der Waals surface area contributed by atoms with Crippen molar-refractivity contribution < 1.29 is 19.3 Å². The van der Waals surface area contributed by atoms with Gasteiger partial charge in [0.05, 0.1) is 12.7 Å². The Kier molecular flexibility index (Phi) is 12.7. The lowest BCUT2D eigenvalue weighted by Gasteiger charge is -2.25. The van der Waals surface area contributed by atoms with Crippen molar-refractivity contribution in [2.45, 2.75) is 51.7 Å². The Labute approximate surface area is 272 Å². The first-order valence-electron chi connectivity index (χ1n) is 16.0. The second kappa shape index (κ2) is 17.8. The minimum Gasteiger partial charge on any atom is -0.473 e. The zero-order valence-corrected chi connectivity index (χ0v) is 26.4. The maximum absolute atomic E-state index is 10.7. The van der Waals surface area contributed by atoms with Gasteiger partial charge >= 0.3 is 0 Å². The maximum Gasteiger partial charge on any atom is 0.213 e. The summed E-state index contributed by atoms with van der Waals surface area (Å²) in [7, 11) is 0. The molecule has 6 rings (SSSR count). The fourth-order valence-electron chi connectivity index (χ4n) is 4.85. The monoisotopic (exact) mass is 617 g/mol. The van der Waals surface area contributed by atoms with Crippen LogP contribution in [-0.2, 0) is 24.5 Å². The molecule has 5 aromatic rings. The number of rotatable bonds is 15. The van der Waals surface area contributed by atoms with E-state index in [-0.39, 0.29) is 6.10 Å². The first kappa shape index (κ1) is 32.8. The number of epoxide rings is 1. The van der Waals surface area contributed by atoms with Crippen LogP contribution >= 0.6 is 0 Å². The molecule has 1 fully saturated rings. The van der Waals surface area contributed by atoms with Crippen LogP contribution in [0.5, 0.6) is 11.8 Å². The van der Waals surface area contributed by atoms with Gasteiger partial charge in [-0.25, -0.2) is 9.97 Å². The summed E-state index contributed by atoms with van der Waals surface area (Å²) in [5.41, 5.74) is 5.44. The number of aliphatic hydroxyl groups is 1. The average molecular weight is 618 g/mol. The van der Waals surface area contributed by atoms with Gasteiger partial charge in [-0.3, -0.25) is 4.90 Å². The van der Waals surface area contributed by atoms with Gasteiger partial charge in [-0.2, -0.15) is 0 Å². The van der Waals surface area contributed by atoms with E-state index in [1.807, 2.05) is 97.2 Å². The average Bonchev–Trinajstić information content (AvgIpc) is 3.97. The lowest BCUT2D eigenvalue weighted by molar-refractivity contribution is 0.108. The van der Waals surface area contributed by atoms with E-state index in [2.05, 4.69) is 46.1 Å². The van der Waals surface area contributed by atoms with Crippen molar-refractivity contribution in [2.75, 3.05) is 19.7 Å². The normalized spacial score (nSPS) is 14.2. The Morgan fingerprint density at radius 1 is 0.739 bits per heavy atom. The molecule has 1 N–H and O–H groups in total. The van der Waals surface area contributed by atoms with Gasteiger partial charge < -0.3 is 19.3 Å². The van der Waals surface area contributed by atoms with Gasteiger partial charge in [-0.15, -0.1) is 0 Å². The smallest absolute Gasteiger partial charge is 0.213 e. The predicted octanol–water partition coefficient (Wildman–Crippen LogP) is 7.73. The van der Waals surface area contributed by atoms with Crippen molar-refractivity contribution in [3.63, 3.8) is 0 Å². The third-order valence-corrected chi connectivity index (χ3v) is 7.58. The first-order chi connectivity index (χ1) is 22.7. The molecule has 0 bridgehead atoms. The van der Waals surface area contributed by atoms with Crippen LogP contribution in [-0.4, -0.2) is 39.7 Å². The molecule has 1 aliphatic heterocycles. The molecule has 0 saturated carbocycles. The van der Waals surface area contributed by atoms with Crippen molar-refractivity contribution in [1.82, 2.24) is 14.9 Å². The van der Waals surface area contributed by atoms with Crippen LogP contribution in [0.4, 0.5) is 0 Å². The van der Waals surface area contributed by atoms with Crippen LogP contribution in [0, 0.1) is 0 Å². The molecule has 2 aromatic heterocycles. The van der Waals surface area contributed by atoms with E-state index in [0.29, 0.717) is 31.5 Å². The Hall–Kier alpha value is -4.56. The minimum absolute atomic E-state index is 0.255. The van der Waals surface area contributed by atoms with E-state index < -0.39 is 6.10 Å². The van der Waals surface area contributed by atoms with Crippen molar-refractivity contribution in [3.05, 3.63) is 155 Å². The first-order valence-corrected chi connectivity index (χ1v) is 16.0. The fraction of sp³-hybridized carbons (Fsp3) is 0.282. The van der Waals surface area contributed by atoms with Crippen molar-refractivity contribution in [1.29, 1.82) is 0 Å². The number of hydrogen-bond donors (Lipinski definition) is 1. The zero-order valence-electron chi connectivity index (χ0n) is 26.4. The standard InChI is InChI=1S/C25H30N2O2.C14H13NO2/c1-2-3-16-27(18-21-10-6-4-7-11-21)19-24(28)23-14-15-25(26-17-23)29-20-22-12-8-5-9-13-22;1-2-4-11(5-3-1)9-17-14-7-6-12(8-15-14)13-10-16-13/h4-15,17,24,28H,2-3,16,18-20H2,1H3;1-8,13H,9-10H2. The molecule has 2 atom stereocenters. The molecule has 0 spiro atoms. The summed E-state index contributed by atoms with van der Waals surface area (Å²) in [6, 6.07) is 38.1. The Balaban J connectivity index is 0.000000207. The van der Waals surface area contributed by atoms with Crippen LogP contribution in [0.2, 0.25) is 0 Å². The van der Waals surface area contributed by atoms with Crippen LogP contribution in [0.15, 0.2) is 128 Å². The summed E-state index contributed by atoms with van der Waals surface area (Å²) in [4.78, 5) is 10.9. The molecule has 0 radical (unpaired) electrons. The van der Waals surface area contributed by atoms with E-state index >= 15 is 0 Å². The zero-order chi connectivity index (χ0) is 31.8. The van der Waals surface area contributed by atoms with Crippen LogP contribution < -0.4 is 9.47 Å². The number of aliphatic hydroxyl groups excluding tert-OH is 1. The lowest BCUT2D eigenvalue weighted by Crippen LogP contribution is -2.29. The maximum atomic E-state index is 10.7. The minimum atomic E-state index is -0.578. The molecule has 7 heteroatoms. The number of aromatic nitrogens is 2. The van der Waals surface area contributed by atoms with E-state index in [1.54, 1.807) is 6.20 Å². The van der Waals surface area contributed by atoms with E-state index in [0.717, 1.165) is 54.8 Å². The summed E-state index contributed by atoms with van der Waals surface area (Å²) in [6.07, 6.45) is 5.46. The van der Waals surface area contributed by atoms with E-state index in [1.165, 1.54) is 5.56 Å². The molecule has 3 aromatic carbocycles. The number of hydrogen-bond acceptors (Lipinski definition) is 7. The highest BCUT2D eigenvalue weighted by Gasteiger charge is 2.24. The molecule has 7 nitrogen and oxygen atoms in total. The second-order valence-corrected chi connectivity index (χ2v) is 11.3. The van der Waals surface area contributed by atoms with Gasteiger partial charge in [0.1, 0.15) is 19.3 Å². The predicted molar refractivity (Wildman–Crippen MR) is 180 cm³/mol.